The van der Waals surface area contributed by atoms with Crippen LogP contribution in [0.1, 0.15) is 24.7 Å². The Balaban J connectivity index is 2.31. The fourth-order valence-corrected chi connectivity index (χ4v) is 1.53. The molecule has 0 aliphatic carbocycles. The first-order valence-electron chi connectivity index (χ1n) is 5.81. The van der Waals surface area contributed by atoms with Gasteiger partial charge in [0.05, 0.1) is 5.69 Å². The molecule has 0 saturated heterocycles. The van der Waals surface area contributed by atoms with Gasteiger partial charge in [0.2, 0.25) is 5.95 Å². The maximum absolute atomic E-state index is 4.43. The van der Waals surface area contributed by atoms with E-state index in [0.717, 1.165) is 30.2 Å². The van der Waals surface area contributed by atoms with Crippen LogP contribution in [0.25, 0.3) is 5.82 Å². The van der Waals surface area contributed by atoms with Gasteiger partial charge in [-0.25, -0.2) is 9.67 Å². The van der Waals surface area contributed by atoms with Crippen LogP contribution in [0.5, 0.6) is 0 Å². The Bertz CT molecular complexity index is 503. The summed E-state index contributed by atoms with van der Waals surface area (Å²) in [6.45, 7) is 6.90. The van der Waals surface area contributed by atoms with Crippen molar-refractivity contribution in [2.75, 3.05) is 11.9 Å². The van der Waals surface area contributed by atoms with Crippen LogP contribution < -0.4 is 5.32 Å². The van der Waals surface area contributed by atoms with Crippen LogP contribution in [0.3, 0.4) is 0 Å². The monoisotopic (exact) mass is 231 g/mol. The van der Waals surface area contributed by atoms with Gasteiger partial charge in [-0.3, -0.25) is 0 Å². The van der Waals surface area contributed by atoms with Crippen LogP contribution in [0.2, 0.25) is 0 Å². The molecule has 2 heterocycles. The van der Waals surface area contributed by atoms with Crippen LogP contribution in [0, 0.1) is 13.8 Å². The van der Waals surface area contributed by atoms with Crippen LogP contribution in [-0.2, 0) is 0 Å². The maximum Gasteiger partial charge on any atom is 0.224 e. The molecule has 0 aliphatic heterocycles. The first-order chi connectivity index (χ1) is 8.19. The quantitative estimate of drug-likeness (QED) is 0.875. The third kappa shape index (κ3) is 2.81. The largest absolute Gasteiger partial charge is 0.354 e. The predicted molar refractivity (Wildman–Crippen MR) is 67.4 cm³/mol. The second kappa shape index (κ2) is 4.95. The lowest BCUT2D eigenvalue weighted by Crippen LogP contribution is -2.08. The third-order valence-corrected chi connectivity index (χ3v) is 2.33. The molecule has 2 aromatic heterocycles. The van der Waals surface area contributed by atoms with Crippen molar-refractivity contribution >= 4 is 5.95 Å². The topological polar surface area (TPSA) is 55.6 Å². The SMILES string of the molecule is CCCNc1nc(C)cc(-n2ccc(C)n2)n1. The van der Waals surface area contributed by atoms with E-state index < -0.39 is 0 Å². The number of hydrogen-bond acceptors (Lipinski definition) is 4. The lowest BCUT2D eigenvalue weighted by molar-refractivity contribution is 0.820. The Morgan fingerprint density at radius 3 is 2.71 bits per heavy atom. The average Bonchev–Trinajstić information content (AvgIpc) is 2.72. The summed E-state index contributed by atoms with van der Waals surface area (Å²) in [4.78, 5) is 8.77. The molecule has 0 spiro atoms. The maximum atomic E-state index is 4.43. The molecule has 2 aromatic rings. The second-order valence-corrected chi connectivity index (χ2v) is 4.02. The lowest BCUT2D eigenvalue weighted by Gasteiger charge is -2.07. The van der Waals surface area contributed by atoms with Gasteiger partial charge in [-0.15, -0.1) is 0 Å². The molecule has 0 aliphatic rings. The van der Waals surface area contributed by atoms with Gasteiger partial charge >= 0.3 is 0 Å². The molecule has 0 aromatic carbocycles. The Morgan fingerprint density at radius 1 is 1.24 bits per heavy atom. The number of hydrogen-bond donors (Lipinski definition) is 1. The molecular weight excluding hydrogens is 214 g/mol. The zero-order valence-corrected chi connectivity index (χ0v) is 10.4. The molecule has 0 amide bonds. The number of nitrogens with one attached hydrogen (secondary N) is 1. The van der Waals surface area contributed by atoms with E-state index in [1.54, 1.807) is 4.68 Å². The number of rotatable bonds is 4. The molecule has 17 heavy (non-hydrogen) atoms. The minimum atomic E-state index is 0.662. The van der Waals surface area contributed by atoms with Gasteiger partial charge in [0, 0.05) is 24.5 Å². The van der Waals surface area contributed by atoms with Crippen molar-refractivity contribution < 1.29 is 0 Å². The van der Waals surface area contributed by atoms with Crippen LogP contribution >= 0.6 is 0 Å². The molecule has 0 unspecified atom stereocenters. The fourth-order valence-electron chi connectivity index (χ4n) is 1.53. The highest BCUT2D eigenvalue weighted by Crippen LogP contribution is 2.09. The minimum Gasteiger partial charge on any atom is -0.354 e. The molecule has 0 fully saturated rings. The summed E-state index contributed by atoms with van der Waals surface area (Å²) in [6.07, 6.45) is 2.95. The highest BCUT2D eigenvalue weighted by Gasteiger charge is 2.04. The predicted octanol–water partition coefficient (Wildman–Crippen LogP) is 2.10. The van der Waals surface area contributed by atoms with E-state index in [-0.39, 0.29) is 0 Å². The van der Waals surface area contributed by atoms with Crippen LogP contribution in [0.4, 0.5) is 5.95 Å². The summed E-state index contributed by atoms with van der Waals surface area (Å²) in [5, 5.41) is 7.53. The Morgan fingerprint density at radius 2 is 2.06 bits per heavy atom. The molecule has 0 saturated carbocycles. The van der Waals surface area contributed by atoms with E-state index in [4.69, 9.17) is 0 Å². The molecule has 90 valence electrons. The minimum absolute atomic E-state index is 0.662. The highest BCUT2D eigenvalue weighted by molar-refractivity contribution is 5.34. The van der Waals surface area contributed by atoms with Gasteiger partial charge < -0.3 is 5.32 Å². The van der Waals surface area contributed by atoms with Gasteiger partial charge in [0.1, 0.15) is 0 Å². The van der Waals surface area contributed by atoms with E-state index in [0.29, 0.717) is 5.95 Å². The summed E-state index contributed by atoms with van der Waals surface area (Å²) >= 11 is 0. The van der Waals surface area contributed by atoms with Crippen LogP contribution in [-0.4, -0.2) is 26.3 Å². The smallest absolute Gasteiger partial charge is 0.224 e. The average molecular weight is 231 g/mol. The second-order valence-electron chi connectivity index (χ2n) is 4.02. The fraction of sp³-hybridized carbons (Fsp3) is 0.417. The van der Waals surface area contributed by atoms with Gasteiger partial charge in [-0.2, -0.15) is 10.1 Å². The van der Waals surface area contributed by atoms with Gasteiger partial charge in [0.25, 0.3) is 0 Å². The normalized spacial score (nSPS) is 10.5. The third-order valence-electron chi connectivity index (χ3n) is 2.33. The molecule has 0 radical (unpaired) electrons. The Kier molecular flexibility index (Phi) is 3.37. The van der Waals surface area contributed by atoms with E-state index in [2.05, 4.69) is 27.3 Å². The summed E-state index contributed by atoms with van der Waals surface area (Å²) in [7, 11) is 0. The number of nitrogens with zero attached hydrogens (tertiary/aromatic N) is 4. The van der Waals surface area contributed by atoms with E-state index in [9.17, 15) is 0 Å². The van der Waals surface area contributed by atoms with E-state index in [1.165, 1.54) is 0 Å². The Hall–Kier alpha value is -1.91. The van der Waals surface area contributed by atoms with E-state index >= 15 is 0 Å². The molecule has 0 bridgehead atoms. The molecule has 0 atom stereocenters. The molecule has 5 heteroatoms. The number of anilines is 1. The van der Waals surface area contributed by atoms with Crippen molar-refractivity contribution in [3.63, 3.8) is 0 Å². The summed E-state index contributed by atoms with van der Waals surface area (Å²) in [5.41, 5.74) is 1.91. The van der Waals surface area contributed by atoms with Crippen molar-refractivity contribution in [2.24, 2.45) is 0 Å². The summed E-state index contributed by atoms with van der Waals surface area (Å²) in [6, 6.07) is 3.88. The standard InChI is InChI=1S/C12H17N5/c1-4-6-13-12-14-10(3)8-11(15-12)17-7-5-9(2)16-17/h5,7-8H,4,6H2,1-3H3,(H,13,14,15). The zero-order chi connectivity index (χ0) is 12.3. The Labute approximate surface area is 101 Å². The molecule has 1 N–H and O–H groups in total. The van der Waals surface area contributed by atoms with Gasteiger partial charge in [-0.1, -0.05) is 6.92 Å². The van der Waals surface area contributed by atoms with Crippen molar-refractivity contribution in [3.05, 3.63) is 29.7 Å². The zero-order valence-electron chi connectivity index (χ0n) is 10.4. The number of aryl methyl sites for hydroxylation is 2. The summed E-state index contributed by atoms with van der Waals surface area (Å²) < 4.78 is 1.77. The van der Waals surface area contributed by atoms with E-state index in [1.807, 2.05) is 32.2 Å². The number of aromatic nitrogens is 4. The van der Waals surface area contributed by atoms with Gasteiger partial charge in [0.15, 0.2) is 5.82 Å². The highest BCUT2D eigenvalue weighted by atomic mass is 15.3. The van der Waals surface area contributed by atoms with Crippen LogP contribution in [0.15, 0.2) is 18.3 Å². The van der Waals surface area contributed by atoms with Gasteiger partial charge in [-0.05, 0) is 26.3 Å². The van der Waals surface area contributed by atoms with Crippen molar-refractivity contribution in [1.82, 2.24) is 19.7 Å². The molecular formula is C12H17N5. The molecule has 2 rings (SSSR count). The van der Waals surface area contributed by atoms with Crippen molar-refractivity contribution in [2.45, 2.75) is 27.2 Å². The summed E-state index contributed by atoms with van der Waals surface area (Å²) in [5.74, 6) is 1.46. The molecule has 5 nitrogen and oxygen atoms in total. The van der Waals surface area contributed by atoms with Crippen molar-refractivity contribution in [1.29, 1.82) is 0 Å². The first-order valence-corrected chi connectivity index (χ1v) is 5.81. The lowest BCUT2D eigenvalue weighted by atomic mass is 10.4. The van der Waals surface area contributed by atoms with Crippen molar-refractivity contribution in [3.8, 4) is 5.82 Å². The first kappa shape index (κ1) is 11.6.